The summed E-state index contributed by atoms with van der Waals surface area (Å²) in [6, 6.07) is 7.96. The fourth-order valence-corrected chi connectivity index (χ4v) is 2.58. The van der Waals surface area contributed by atoms with Crippen LogP contribution in [-0.2, 0) is 16.1 Å². The highest BCUT2D eigenvalue weighted by molar-refractivity contribution is 5.80. The Morgan fingerprint density at radius 3 is 2.95 bits per heavy atom. The van der Waals surface area contributed by atoms with Gasteiger partial charge in [0.15, 0.2) is 0 Å². The molecule has 0 saturated heterocycles. The van der Waals surface area contributed by atoms with Gasteiger partial charge in [0.25, 0.3) is 0 Å². The van der Waals surface area contributed by atoms with E-state index < -0.39 is 0 Å². The molecule has 1 atom stereocenters. The maximum Gasteiger partial charge on any atom is 0.314 e. The SMILES string of the molecule is COC(=O)C1CN(c2cnccn2)Cc2ccccc21. The van der Waals surface area contributed by atoms with Gasteiger partial charge in [0.2, 0.25) is 0 Å². The van der Waals surface area contributed by atoms with Crippen LogP contribution in [0.5, 0.6) is 0 Å². The topological polar surface area (TPSA) is 55.3 Å². The van der Waals surface area contributed by atoms with Crippen LogP contribution in [0.2, 0.25) is 0 Å². The van der Waals surface area contributed by atoms with E-state index in [0.29, 0.717) is 6.54 Å². The van der Waals surface area contributed by atoms with Gasteiger partial charge in [0, 0.05) is 25.5 Å². The number of ether oxygens (including phenoxy) is 1. The van der Waals surface area contributed by atoms with Crippen molar-refractivity contribution in [2.45, 2.75) is 12.5 Å². The summed E-state index contributed by atoms with van der Waals surface area (Å²) in [5.41, 5.74) is 2.17. The lowest BCUT2D eigenvalue weighted by Gasteiger charge is -2.33. The van der Waals surface area contributed by atoms with Crippen molar-refractivity contribution in [3.8, 4) is 0 Å². The van der Waals surface area contributed by atoms with E-state index in [-0.39, 0.29) is 11.9 Å². The number of hydrogen-bond donors (Lipinski definition) is 0. The third-order valence-corrected chi connectivity index (χ3v) is 3.55. The maximum absolute atomic E-state index is 12.0. The number of hydrogen-bond acceptors (Lipinski definition) is 5. The summed E-state index contributed by atoms with van der Waals surface area (Å²) in [6.45, 7) is 1.28. The van der Waals surface area contributed by atoms with Crippen LogP contribution in [0.25, 0.3) is 0 Å². The van der Waals surface area contributed by atoms with Crippen LogP contribution in [0.15, 0.2) is 42.9 Å². The zero-order chi connectivity index (χ0) is 13.9. The Kier molecular flexibility index (Phi) is 3.33. The summed E-state index contributed by atoms with van der Waals surface area (Å²) in [5.74, 6) is 0.272. The molecule has 0 spiro atoms. The van der Waals surface area contributed by atoms with Crippen LogP contribution in [0.3, 0.4) is 0 Å². The molecular formula is C15H15N3O2. The Bertz CT molecular complexity index is 616. The van der Waals surface area contributed by atoms with Gasteiger partial charge in [-0.15, -0.1) is 0 Å². The molecule has 1 aliphatic rings. The Labute approximate surface area is 117 Å². The predicted molar refractivity (Wildman–Crippen MR) is 74.3 cm³/mol. The van der Waals surface area contributed by atoms with E-state index in [0.717, 1.165) is 23.5 Å². The molecule has 0 N–H and O–H groups in total. The predicted octanol–water partition coefficient (Wildman–Crippen LogP) is 1.75. The first-order valence-corrected chi connectivity index (χ1v) is 6.46. The smallest absolute Gasteiger partial charge is 0.314 e. The van der Waals surface area contributed by atoms with Crippen molar-refractivity contribution in [2.75, 3.05) is 18.6 Å². The van der Waals surface area contributed by atoms with Crippen LogP contribution in [-0.4, -0.2) is 29.6 Å². The summed E-state index contributed by atoms with van der Waals surface area (Å²) in [4.78, 5) is 22.5. The summed E-state index contributed by atoms with van der Waals surface area (Å²) in [5, 5.41) is 0. The Hall–Kier alpha value is -2.43. The highest BCUT2D eigenvalue weighted by atomic mass is 16.5. The molecule has 0 bridgehead atoms. The van der Waals surface area contributed by atoms with Gasteiger partial charge in [-0.1, -0.05) is 24.3 Å². The molecule has 0 fully saturated rings. The number of fused-ring (bicyclic) bond motifs is 1. The number of nitrogens with zero attached hydrogens (tertiary/aromatic N) is 3. The van der Waals surface area contributed by atoms with E-state index in [2.05, 4.69) is 14.9 Å². The van der Waals surface area contributed by atoms with E-state index in [9.17, 15) is 4.79 Å². The molecule has 1 unspecified atom stereocenters. The lowest BCUT2D eigenvalue weighted by Crippen LogP contribution is -2.37. The Morgan fingerprint density at radius 2 is 2.20 bits per heavy atom. The van der Waals surface area contributed by atoms with Gasteiger partial charge in [0.1, 0.15) is 5.82 Å². The summed E-state index contributed by atoms with van der Waals surface area (Å²) in [6.07, 6.45) is 5.00. The number of carbonyl (C=O) groups excluding carboxylic acids is 1. The fraction of sp³-hybridized carbons (Fsp3) is 0.267. The monoisotopic (exact) mass is 269 g/mol. The lowest BCUT2D eigenvalue weighted by atomic mass is 9.90. The number of rotatable bonds is 2. The first-order valence-electron chi connectivity index (χ1n) is 6.46. The molecule has 102 valence electrons. The molecule has 20 heavy (non-hydrogen) atoms. The van der Waals surface area contributed by atoms with Gasteiger partial charge in [0.05, 0.1) is 19.2 Å². The first-order chi connectivity index (χ1) is 9.79. The summed E-state index contributed by atoms with van der Waals surface area (Å²) >= 11 is 0. The van der Waals surface area contributed by atoms with E-state index in [1.165, 1.54) is 7.11 Å². The fourth-order valence-electron chi connectivity index (χ4n) is 2.58. The highest BCUT2D eigenvalue weighted by Gasteiger charge is 2.31. The second-order valence-corrected chi connectivity index (χ2v) is 4.72. The van der Waals surface area contributed by atoms with Crippen LogP contribution >= 0.6 is 0 Å². The van der Waals surface area contributed by atoms with Gasteiger partial charge in [-0.2, -0.15) is 0 Å². The molecule has 1 aromatic carbocycles. The van der Waals surface area contributed by atoms with Crippen molar-refractivity contribution in [3.05, 3.63) is 54.0 Å². The van der Waals surface area contributed by atoms with E-state index in [1.807, 2.05) is 24.3 Å². The minimum atomic E-state index is -0.285. The average molecular weight is 269 g/mol. The molecule has 5 nitrogen and oxygen atoms in total. The van der Waals surface area contributed by atoms with Crippen LogP contribution < -0.4 is 4.90 Å². The third kappa shape index (κ3) is 2.22. The quantitative estimate of drug-likeness (QED) is 0.777. The van der Waals surface area contributed by atoms with Crippen LogP contribution in [0, 0.1) is 0 Å². The largest absolute Gasteiger partial charge is 0.468 e. The zero-order valence-corrected chi connectivity index (χ0v) is 11.2. The van der Waals surface area contributed by atoms with E-state index >= 15 is 0 Å². The minimum Gasteiger partial charge on any atom is -0.468 e. The highest BCUT2D eigenvalue weighted by Crippen LogP contribution is 2.31. The molecule has 1 aliphatic heterocycles. The van der Waals surface area contributed by atoms with Gasteiger partial charge in [-0.3, -0.25) is 9.78 Å². The minimum absolute atomic E-state index is 0.217. The number of methoxy groups -OCH3 is 1. The van der Waals surface area contributed by atoms with Crippen LogP contribution in [0.4, 0.5) is 5.82 Å². The van der Waals surface area contributed by atoms with E-state index in [1.54, 1.807) is 18.6 Å². The number of aromatic nitrogens is 2. The zero-order valence-electron chi connectivity index (χ0n) is 11.2. The van der Waals surface area contributed by atoms with Crippen molar-refractivity contribution in [3.63, 3.8) is 0 Å². The lowest BCUT2D eigenvalue weighted by molar-refractivity contribution is -0.142. The molecule has 2 heterocycles. The third-order valence-electron chi connectivity index (χ3n) is 3.55. The van der Waals surface area contributed by atoms with Gasteiger partial charge >= 0.3 is 5.97 Å². The average Bonchev–Trinajstić information content (AvgIpc) is 2.54. The first kappa shape index (κ1) is 12.6. The van der Waals surface area contributed by atoms with Crippen molar-refractivity contribution >= 4 is 11.8 Å². The molecule has 1 aromatic heterocycles. The van der Waals surface area contributed by atoms with Crippen molar-refractivity contribution < 1.29 is 9.53 Å². The normalized spacial score (nSPS) is 17.4. The number of benzene rings is 1. The summed E-state index contributed by atoms with van der Waals surface area (Å²) < 4.78 is 4.93. The van der Waals surface area contributed by atoms with Crippen molar-refractivity contribution in [2.24, 2.45) is 0 Å². The Balaban J connectivity index is 1.98. The van der Waals surface area contributed by atoms with Crippen molar-refractivity contribution in [1.29, 1.82) is 0 Å². The molecule has 3 rings (SSSR count). The molecule has 5 heteroatoms. The molecule has 0 radical (unpaired) electrons. The number of esters is 1. The molecule has 0 amide bonds. The molecular weight excluding hydrogens is 254 g/mol. The maximum atomic E-state index is 12.0. The van der Waals surface area contributed by atoms with Crippen molar-refractivity contribution in [1.82, 2.24) is 9.97 Å². The van der Waals surface area contributed by atoms with E-state index in [4.69, 9.17) is 4.74 Å². The standard InChI is InChI=1S/C15H15N3O2/c1-20-15(19)13-10-18(14-8-16-6-7-17-14)9-11-4-2-3-5-12(11)13/h2-8,13H,9-10H2,1H3. The van der Waals surface area contributed by atoms with Crippen LogP contribution in [0.1, 0.15) is 17.0 Å². The summed E-state index contributed by atoms with van der Waals surface area (Å²) in [7, 11) is 1.42. The molecule has 2 aromatic rings. The second kappa shape index (κ2) is 5.28. The Morgan fingerprint density at radius 1 is 1.35 bits per heavy atom. The number of carbonyl (C=O) groups is 1. The molecule has 0 saturated carbocycles. The number of anilines is 1. The van der Waals surface area contributed by atoms with Gasteiger partial charge in [-0.05, 0) is 11.1 Å². The second-order valence-electron chi connectivity index (χ2n) is 4.72. The van der Waals surface area contributed by atoms with Gasteiger partial charge in [-0.25, -0.2) is 4.98 Å². The van der Waals surface area contributed by atoms with Gasteiger partial charge < -0.3 is 9.64 Å². The molecule has 0 aliphatic carbocycles.